The molecule has 0 aliphatic carbocycles. The smallest absolute Gasteiger partial charge is 0.0542 e. The number of hydrogen-bond acceptors (Lipinski definition) is 1. The summed E-state index contributed by atoms with van der Waals surface area (Å²) in [7, 11) is 0. The summed E-state index contributed by atoms with van der Waals surface area (Å²) >= 11 is 0. The Morgan fingerprint density at radius 1 is 0.929 bits per heavy atom. The van der Waals surface area contributed by atoms with Crippen LogP contribution in [0.15, 0.2) is 0 Å². The van der Waals surface area contributed by atoms with Crippen molar-refractivity contribution >= 4 is 0 Å². The van der Waals surface area contributed by atoms with E-state index in [2.05, 4.69) is 34.6 Å². The topological polar surface area (TPSA) is 20.2 Å². The van der Waals surface area contributed by atoms with Crippen LogP contribution in [-0.2, 0) is 0 Å². The van der Waals surface area contributed by atoms with Crippen LogP contribution in [0.3, 0.4) is 0 Å². The molecule has 0 aliphatic rings. The van der Waals surface area contributed by atoms with Crippen LogP contribution in [0.5, 0.6) is 0 Å². The lowest BCUT2D eigenvalue weighted by atomic mass is 9.90. The van der Waals surface area contributed by atoms with Gasteiger partial charge in [-0.05, 0) is 30.6 Å². The number of hydrogen-bond donors (Lipinski definition) is 1. The molecule has 0 saturated heterocycles. The van der Waals surface area contributed by atoms with Gasteiger partial charge in [0.1, 0.15) is 0 Å². The lowest BCUT2D eigenvalue weighted by Crippen LogP contribution is -2.15. The highest BCUT2D eigenvalue weighted by Crippen LogP contribution is 2.19. The standard InChI is InChI=1S/C13H28O/c1-10(2)7-6-8-13(14)9-12(5)11(3)4/h10-14H,6-9H2,1-5H3/t12-,13?/m1/s1. The third-order valence-electron chi connectivity index (χ3n) is 3.10. The largest absolute Gasteiger partial charge is 0.393 e. The fourth-order valence-electron chi connectivity index (χ4n) is 1.58. The quantitative estimate of drug-likeness (QED) is 0.661. The van der Waals surface area contributed by atoms with Gasteiger partial charge in [0.05, 0.1) is 6.10 Å². The van der Waals surface area contributed by atoms with Crippen molar-refractivity contribution < 1.29 is 5.11 Å². The first-order chi connectivity index (χ1) is 6.43. The van der Waals surface area contributed by atoms with Gasteiger partial charge in [-0.1, -0.05) is 47.5 Å². The molecule has 0 bridgehead atoms. The SMILES string of the molecule is CC(C)CCCC(O)C[C@@H](C)C(C)C. The molecular weight excluding hydrogens is 172 g/mol. The van der Waals surface area contributed by atoms with Gasteiger partial charge < -0.3 is 5.11 Å². The molecule has 0 aromatic carbocycles. The molecule has 86 valence electrons. The number of aliphatic hydroxyl groups is 1. The second-order valence-electron chi connectivity index (χ2n) is 5.44. The lowest BCUT2D eigenvalue weighted by molar-refractivity contribution is 0.121. The molecule has 0 amide bonds. The van der Waals surface area contributed by atoms with Gasteiger partial charge in [0.15, 0.2) is 0 Å². The Morgan fingerprint density at radius 2 is 1.50 bits per heavy atom. The molecule has 0 rings (SSSR count). The predicted octanol–water partition coefficient (Wildman–Crippen LogP) is 3.86. The monoisotopic (exact) mass is 200 g/mol. The molecule has 2 atom stereocenters. The van der Waals surface area contributed by atoms with Crippen LogP contribution in [0.1, 0.15) is 60.3 Å². The van der Waals surface area contributed by atoms with Crippen molar-refractivity contribution in [2.24, 2.45) is 17.8 Å². The van der Waals surface area contributed by atoms with Gasteiger partial charge in [-0.2, -0.15) is 0 Å². The van der Waals surface area contributed by atoms with Gasteiger partial charge in [-0.3, -0.25) is 0 Å². The molecule has 1 nitrogen and oxygen atoms in total. The molecule has 0 aromatic rings. The molecule has 0 fully saturated rings. The van der Waals surface area contributed by atoms with E-state index < -0.39 is 0 Å². The minimum absolute atomic E-state index is 0.0776. The second kappa shape index (κ2) is 7.28. The Balaban J connectivity index is 3.50. The molecule has 14 heavy (non-hydrogen) atoms. The van der Waals surface area contributed by atoms with Crippen molar-refractivity contribution in [3.05, 3.63) is 0 Å². The van der Waals surface area contributed by atoms with E-state index in [4.69, 9.17) is 0 Å². The third-order valence-corrected chi connectivity index (χ3v) is 3.10. The Morgan fingerprint density at radius 3 is 1.93 bits per heavy atom. The molecule has 0 heterocycles. The van der Waals surface area contributed by atoms with E-state index in [-0.39, 0.29) is 6.10 Å². The van der Waals surface area contributed by atoms with E-state index in [0.717, 1.165) is 18.8 Å². The van der Waals surface area contributed by atoms with Crippen LogP contribution < -0.4 is 0 Å². The Labute approximate surface area is 89.9 Å². The third kappa shape index (κ3) is 7.37. The van der Waals surface area contributed by atoms with Crippen LogP contribution in [-0.4, -0.2) is 11.2 Å². The van der Waals surface area contributed by atoms with Gasteiger partial charge >= 0.3 is 0 Å². The summed E-state index contributed by atoms with van der Waals surface area (Å²) in [6.45, 7) is 11.2. The van der Waals surface area contributed by atoms with Crippen molar-refractivity contribution in [3.63, 3.8) is 0 Å². The van der Waals surface area contributed by atoms with E-state index in [1.807, 2.05) is 0 Å². The first-order valence-electron chi connectivity index (χ1n) is 6.11. The van der Waals surface area contributed by atoms with Crippen molar-refractivity contribution in [1.29, 1.82) is 0 Å². The molecule has 0 saturated carbocycles. The highest BCUT2D eigenvalue weighted by molar-refractivity contribution is 4.64. The highest BCUT2D eigenvalue weighted by Gasteiger charge is 2.13. The van der Waals surface area contributed by atoms with Crippen molar-refractivity contribution in [2.45, 2.75) is 66.4 Å². The van der Waals surface area contributed by atoms with E-state index >= 15 is 0 Å². The van der Waals surface area contributed by atoms with Crippen LogP contribution in [0.2, 0.25) is 0 Å². The van der Waals surface area contributed by atoms with Crippen molar-refractivity contribution in [3.8, 4) is 0 Å². The fourth-order valence-corrected chi connectivity index (χ4v) is 1.58. The zero-order chi connectivity index (χ0) is 11.1. The summed E-state index contributed by atoms with van der Waals surface area (Å²) in [5.74, 6) is 2.10. The number of aliphatic hydroxyl groups excluding tert-OH is 1. The van der Waals surface area contributed by atoms with Crippen LogP contribution in [0.25, 0.3) is 0 Å². The summed E-state index contributed by atoms with van der Waals surface area (Å²) in [4.78, 5) is 0. The molecule has 0 aromatic heterocycles. The maximum Gasteiger partial charge on any atom is 0.0542 e. The summed E-state index contributed by atoms with van der Waals surface area (Å²) in [5.41, 5.74) is 0. The highest BCUT2D eigenvalue weighted by atomic mass is 16.3. The average molecular weight is 200 g/mol. The Kier molecular flexibility index (Phi) is 7.26. The minimum atomic E-state index is -0.0776. The summed E-state index contributed by atoms with van der Waals surface area (Å²) in [6, 6.07) is 0. The van der Waals surface area contributed by atoms with E-state index in [1.165, 1.54) is 12.8 Å². The van der Waals surface area contributed by atoms with Crippen LogP contribution >= 0.6 is 0 Å². The van der Waals surface area contributed by atoms with Crippen LogP contribution in [0, 0.1) is 17.8 Å². The molecule has 1 heteroatoms. The molecule has 1 N–H and O–H groups in total. The van der Waals surface area contributed by atoms with Crippen molar-refractivity contribution in [1.82, 2.24) is 0 Å². The zero-order valence-corrected chi connectivity index (χ0v) is 10.6. The summed E-state index contributed by atoms with van der Waals surface area (Å²) < 4.78 is 0. The van der Waals surface area contributed by atoms with E-state index in [0.29, 0.717) is 11.8 Å². The first-order valence-corrected chi connectivity index (χ1v) is 6.11. The lowest BCUT2D eigenvalue weighted by Gasteiger charge is -2.19. The van der Waals surface area contributed by atoms with Gasteiger partial charge in [-0.25, -0.2) is 0 Å². The fraction of sp³-hybridized carbons (Fsp3) is 1.00. The Bertz CT molecular complexity index is 129. The van der Waals surface area contributed by atoms with Gasteiger partial charge in [0.25, 0.3) is 0 Å². The maximum absolute atomic E-state index is 9.78. The molecular formula is C13H28O. The van der Waals surface area contributed by atoms with Crippen molar-refractivity contribution in [2.75, 3.05) is 0 Å². The van der Waals surface area contributed by atoms with Gasteiger partial charge in [0.2, 0.25) is 0 Å². The van der Waals surface area contributed by atoms with E-state index in [1.54, 1.807) is 0 Å². The van der Waals surface area contributed by atoms with E-state index in [9.17, 15) is 5.11 Å². The molecule has 1 unspecified atom stereocenters. The summed E-state index contributed by atoms with van der Waals surface area (Å²) in [6.07, 6.45) is 4.29. The average Bonchev–Trinajstić information content (AvgIpc) is 2.02. The second-order valence-corrected chi connectivity index (χ2v) is 5.44. The normalized spacial score (nSPS) is 16.3. The maximum atomic E-state index is 9.78. The van der Waals surface area contributed by atoms with Gasteiger partial charge in [0, 0.05) is 0 Å². The molecule has 0 spiro atoms. The number of rotatable bonds is 7. The minimum Gasteiger partial charge on any atom is -0.393 e. The zero-order valence-electron chi connectivity index (χ0n) is 10.6. The van der Waals surface area contributed by atoms with Gasteiger partial charge in [-0.15, -0.1) is 0 Å². The van der Waals surface area contributed by atoms with Crippen LogP contribution in [0.4, 0.5) is 0 Å². The first kappa shape index (κ1) is 14.0. The predicted molar refractivity (Wildman–Crippen MR) is 63.3 cm³/mol. The molecule has 0 aliphatic heterocycles. The Hall–Kier alpha value is -0.0400. The summed E-state index contributed by atoms with van der Waals surface area (Å²) in [5, 5.41) is 9.78. The molecule has 0 radical (unpaired) electrons.